The summed E-state index contributed by atoms with van der Waals surface area (Å²) in [6, 6.07) is 8.19. The third kappa shape index (κ3) is 5.15. The first kappa shape index (κ1) is 18.1. The zero-order valence-electron chi connectivity index (χ0n) is 14.2. The van der Waals surface area contributed by atoms with Gasteiger partial charge in [-0.1, -0.05) is 19.3 Å². The molecular weight excluding hydrogens is 302 g/mol. The quantitative estimate of drug-likeness (QED) is 0.896. The highest BCUT2D eigenvalue weighted by Gasteiger charge is 2.15. The first-order chi connectivity index (χ1) is 11.8. The third-order valence-corrected chi connectivity index (χ3v) is 4.03. The van der Waals surface area contributed by atoms with E-state index in [1.165, 1.54) is 32.1 Å². The van der Waals surface area contributed by atoms with Gasteiger partial charge in [-0.25, -0.2) is 9.97 Å². The average Bonchev–Trinajstić information content (AvgIpc) is 2.64. The Kier molecular flexibility index (Phi) is 7.40. The standard InChI is InChI=1S/C15H16N4.C3H9NO/c16-9-11-6-7-14-13(8-11)15(18-10-17-14)19-12-4-2-1-3-5-12;1-5-3-2-4/h6-8,10,12H,1-5H2,(H,17,18,19);2-4H2,1H3. The van der Waals surface area contributed by atoms with Crippen molar-refractivity contribution < 1.29 is 4.74 Å². The Labute approximate surface area is 143 Å². The van der Waals surface area contributed by atoms with Crippen molar-refractivity contribution in [1.29, 1.82) is 5.26 Å². The van der Waals surface area contributed by atoms with E-state index in [0.717, 1.165) is 16.7 Å². The van der Waals surface area contributed by atoms with Crippen molar-refractivity contribution in [1.82, 2.24) is 9.97 Å². The Hall–Kier alpha value is -2.23. The minimum absolute atomic E-state index is 0.498. The molecule has 128 valence electrons. The summed E-state index contributed by atoms with van der Waals surface area (Å²) in [5, 5.41) is 13.4. The van der Waals surface area contributed by atoms with Gasteiger partial charge in [0.1, 0.15) is 12.1 Å². The fraction of sp³-hybridized carbons (Fsp3) is 0.500. The number of hydrogen-bond acceptors (Lipinski definition) is 6. The van der Waals surface area contributed by atoms with Crippen LogP contribution in [0.15, 0.2) is 24.5 Å². The monoisotopic (exact) mass is 327 g/mol. The molecule has 3 rings (SSSR count). The van der Waals surface area contributed by atoms with Gasteiger partial charge in [-0.05, 0) is 31.0 Å². The molecular formula is C18H25N5O. The van der Waals surface area contributed by atoms with E-state index in [-0.39, 0.29) is 0 Å². The zero-order valence-corrected chi connectivity index (χ0v) is 14.2. The van der Waals surface area contributed by atoms with Gasteiger partial charge in [0.2, 0.25) is 0 Å². The Morgan fingerprint density at radius 1 is 1.29 bits per heavy atom. The van der Waals surface area contributed by atoms with Crippen LogP contribution in [0.1, 0.15) is 37.7 Å². The predicted molar refractivity (Wildman–Crippen MR) is 95.7 cm³/mol. The number of ether oxygens (including phenoxy) is 1. The summed E-state index contributed by atoms with van der Waals surface area (Å²) >= 11 is 0. The summed E-state index contributed by atoms with van der Waals surface area (Å²) in [5.41, 5.74) is 6.54. The number of fused-ring (bicyclic) bond motifs is 1. The molecule has 1 fully saturated rings. The molecule has 2 aromatic rings. The van der Waals surface area contributed by atoms with Crippen LogP contribution in [0.5, 0.6) is 0 Å². The highest BCUT2D eigenvalue weighted by molar-refractivity contribution is 5.89. The number of benzene rings is 1. The highest BCUT2D eigenvalue weighted by Crippen LogP contribution is 2.25. The summed E-state index contributed by atoms with van der Waals surface area (Å²) in [6.07, 6.45) is 7.88. The second-order valence-corrected chi connectivity index (χ2v) is 5.83. The third-order valence-electron chi connectivity index (χ3n) is 4.03. The molecule has 3 N–H and O–H groups in total. The molecule has 1 saturated carbocycles. The number of anilines is 1. The van der Waals surface area contributed by atoms with Crippen molar-refractivity contribution in [2.24, 2.45) is 5.73 Å². The SMILES string of the molecule is COCCN.N#Cc1ccc2ncnc(NC3CCCCC3)c2c1. The molecule has 0 atom stereocenters. The normalized spacial score (nSPS) is 14.5. The lowest BCUT2D eigenvalue weighted by Crippen LogP contribution is -2.23. The summed E-state index contributed by atoms with van der Waals surface area (Å²) < 4.78 is 4.57. The molecule has 1 heterocycles. The van der Waals surface area contributed by atoms with E-state index in [1.807, 2.05) is 12.1 Å². The van der Waals surface area contributed by atoms with Crippen LogP contribution in [0.4, 0.5) is 5.82 Å². The smallest absolute Gasteiger partial charge is 0.137 e. The highest BCUT2D eigenvalue weighted by atomic mass is 16.5. The molecule has 6 nitrogen and oxygen atoms in total. The lowest BCUT2D eigenvalue weighted by molar-refractivity contribution is 0.207. The molecule has 0 unspecified atom stereocenters. The average molecular weight is 327 g/mol. The van der Waals surface area contributed by atoms with Gasteiger partial charge in [-0.3, -0.25) is 0 Å². The molecule has 0 amide bonds. The van der Waals surface area contributed by atoms with E-state index >= 15 is 0 Å². The van der Waals surface area contributed by atoms with Crippen LogP contribution in [0.3, 0.4) is 0 Å². The predicted octanol–water partition coefficient (Wildman–Crippen LogP) is 2.84. The van der Waals surface area contributed by atoms with Crippen LogP contribution in [-0.2, 0) is 4.74 Å². The Bertz CT molecular complexity index is 675. The van der Waals surface area contributed by atoms with E-state index in [2.05, 4.69) is 26.1 Å². The minimum atomic E-state index is 0.498. The van der Waals surface area contributed by atoms with Gasteiger partial charge in [-0.2, -0.15) is 5.26 Å². The number of aromatic nitrogens is 2. The Balaban J connectivity index is 0.000000368. The van der Waals surface area contributed by atoms with Crippen LogP contribution in [0, 0.1) is 11.3 Å². The number of rotatable bonds is 4. The lowest BCUT2D eigenvalue weighted by Gasteiger charge is -2.23. The molecule has 0 aliphatic heterocycles. The molecule has 0 bridgehead atoms. The summed E-state index contributed by atoms with van der Waals surface area (Å²) in [5.74, 6) is 0.856. The number of nitrogens with one attached hydrogen (secondary N) is 1. The summed E-state index contributed by atoms with van der Waals surface area (Å²) in [7, 11) is 1.63. The molecule has 1 aliphatic rings. The van der Waals surface area contributed by atoms with Gasteiger partial charge in [0, 0.05) is 25.1 Å². The second kappa shape index (κ2) is 9.81. The Morgan fingerprint density at radius 2 is 2.08 bits per heavy atom. The molecule has 1 aromatic heterocycles. The van der Waals surface area contributed by atoms with Gasteiger partial charge in [0.15, 0.2) is 0 Å². The van der Waals surface area contributed by atoms with Crippen LogP contribution in [-0.4, -0.2) is 36.3 Å². The van der Waals surface area contributed by atoms with Gasteiger partial charge >= 0.3 is 0 Å². The molecule has 6 heteroatoms. The van der Waals surface area contributed by atoms with Crippen LogP contribution in [0.2, 0.25) is 0 Å². The first-order valence-electron chi connectivity index (χ1n) is 8.39. The summed E-state index contributed by atoms with van der Waals surface area (Å²) in [6.45, 7) is 1.29. The van der Waals surface area contributed by atoms with Crippen molar-refractivity contribution in [3.63, 3.8) is 0 Å². The lowest BCUT2D eigenvalue weighted by atomic mass is 9.95. The molecule has 1 aliphatic carbocycles. The van der Waals surface area contributed by atoms with Crippen LogP contribution in [0.25, 0.3) is 10.9 Å². The number of nitrogens with two attached hydrogens (primary N) is 1. The van der Waals surface area contributed by atoms with E-state index in [1.54, 1.807) is 19.5 Å². The molecule has 0 radical (unpaired) electrons. The number of nitrogens with zero attached hydrogens (tertiary/aromatic N) is 3. The van der Waals surface area contributed by atoms with E-state index in [4.69, 9.17) is 11.0 Å². The maximum atomic E-state index is 9.00. The first-order valence-corrected chi connectivity index (χ1v) is 8.39. The minimum Gasteiger partial charge on any atom is -0.383 e. The van der Waals surface area contributed by atoms with Crippen LogP contribution < -0.4 is 11.1 Å². The molecule has 0 saturated heterocycles. The largest absolute Gasteiger partial charge is 0.383 e. The van der Waals surface area contributed by atoms with Crippen molar-refractivity contribution in [2.75, 3.05) is 25.6 Å². The van der Waals surface area contributed by atoms with Gasteiger partial charge in [-0.15, -0.1) is 0 Å². The second-order valence-electron chi connectivity index (χ2n) is 5.83. The van der Waals surface area contributed by atoms with E-state index in [0.29, 0.717) is 24.8 Å². The van der Waals surface area contributed by atoms with Gasteiger partial charge in [0.05, 0.1) is 23.8 Å². The van der Waals surface area contributed by atoms with Crippen molar-refractivity contribution in [3.8, 4) is 6.07 Å². The maximum absolute atomic E-state index is 9.00. The van der Waals surface area contributed by atoms with Crippen molar-refractivity contribution in [2.45, 2.75) is 38.1 Å². The number of hydrogen-bond donors (Lipinski definition) is 2. The maximum Gasteiger partial charge on any atom is 0.137 e. The summed E-state index contributed by atoms with van der Waals surface area (Å²) in [4.78, 5) is 8.59. The number of methoxy groups -OCH3 is 1. The topological polar surface area (TPSA) is 96.9 Å². The zero-order chi connectivity index (χ0) is 17.2. The fourth-order valence-corrected chi connectivity index (χ4v) is 2.80. The number of nitriles is 1. The van der Waals surface area contributed by atoms with E-state index in [9.17, 15) is 0 Å². The van der Waals surface area contributed by atoms with Crippen molar-refractivity contribution in [3.05, 3.63) is 30.1 Å². The van der Waals surface area contributed by atoms with Gasteiger partial charge < -0.3 is 15.8 Å². The van der Waals surface area contributed by atoms with E-state index < -0.39 is 0 Å². The van der Waals surface area contributed by atoms with Gasteiger partial charge in [0.25, 0.3) is 0 Å². The molecule has 1 aromatic carbocycles. The van der Waals surface area contributed by atoms with Crippen molar-refractivity contribution >= 4 is 16.7 Å². The van der Waals surface area contributed by atoms with Crippen LogP contribution >= 0.6 is 0 Å². The molecule has 24 heavy (non-hydrogen) atoms. The fourth-order valence-electron chi connectivity index (χ4n) is 2.80. The Morgan fingerprint density at radius 3 is 2.71 bits per heavy atom. The molecule has 0 spiro atoms.